The van der Waals surface area contributed by atoms with Crippen LogP contribution in [0, 0.1) is 0 Å². The molecular weight excluding hydrogens is 210 g/mol. The highest BCUT2D eigenvalue weighted by Gasteiger charge is 2.34. The number of fused-ring (bicyclic) bond motifs is 1. The maximum Gasteiger partial charge on any atom is 0.230 e. The van der Waals surface area contributed by atoms with Gasteiger partial charge in [0.2, 0.25) is 5.91 Å². The molecule has 0 aromatic heterocycles. The Morgan fingerprint density at radius 1 is 1.06 bits per heavy atom. The van der Waals surface area contributed by atoms with Gasteiger partial charge in [-0.25, -0.2) is 0 Å². The average molecular weight is 229 g/mol. The van der Waals surface area contributed by atoms with Crippen molar-refractivity contribution < 1.29 is 4.79 Å². The van der Waals surface area contributed by atoms with Gasteiger partial charge in [-0.1, -0.05) is 37.1 Å². The largest absolute Gasteiger partial charge is 0.342 e. The highest BCUT2D eigenvalue weighted by molar-refractivity contribution is 5.87. The van der Waals surface area contributed by atoms with Gasteiger partial charge in [0.25, 0.3) is 0 Å². The van der Waals surface area contributed by atoms with Crippen molar-refractivity contribution in [3.8, 4) is 0 Å². The highest BCUT2D eigenvalue weighted by Crippen LogP contribution is 2.36. The van der Waals surface area contributed by atoms with E-state index in [9.17, 15) is 4.79 Å². The van der Waals surface area contributed by atoms with E-state index in [-0.39, 0.29) is 5.92 Å². The molecule has 1 aliphatic carbocycles. The third-order valence-electron chi connectivity index (χ3n) is 4.07. The number of nitrogens with zero attached hydrogens (tertiary/aromatic N) is 1. The van der Waals surface area contributed by atoms with Crippen molar-refractivity contribution in [2.75, 3.05) is 13.1 Å². The molecule has 1 amide bonds. The normalized spacial score (nSPS) is 23.5. The summed E-state index contributed by atoms with van der Waals surface area (Å²) in [6, 6.07) is 8.35. The van der Waals surface area contributed by atoms with Gasteiger partial charge in [-0.2, -0.15) is 0 Å². The fraction of sp³-hybridized carbons (Fsp3) is 0.533. The van der Waals surface area contributed by atoms with Crippen LogP contribution in [-0.4, -0.2) is 23.9 Å². The van der Waals surface area contributed by atoms with Crippen LogP contribution in [0.1, 0.15) is 42.7 Å². The number of benzene rings is 1. The second-order valence-corrected chi connectivity index (χ2v) is 5.20. The van der Waals surface area contributed by atoms with E-state index in [0.29, 0.717) is 5.91 Å². The fourth-order valence-corrected chi connectivity index (χ4v) is 2.99. The van der Waals surface area contributed by atoms with Crippen LogP contribution in [0.5, 0.6) is 0 Å². The Balaban J connectivity index is 1.72. The second kappa shape index (κ2) is 4.52. The average Bonchev–Trinajstić information content (AvgIpc) is 2.59. The van der Waals surface area contributed by atoms with Gasteiger partial charge >= 0.3 is 0 Å². The number of hydrogen-bond acceptors (Lipinski definition) is 1. The zero-order valence-corrected chi connectivity index (χ0v) is 10.2. The van der Waals surface area contributed by atoms with Crippen LogP contribution in [0.4, 0.5) is 0 Å². The zero-order valence-electron chi connectivity index (χ0n) is 10.2. The molecule has 3 rings (SSSR count). The topological polar surface area (TPSA) is 20.3 Å². The lowest BCUT2D eigenvalue weighted by Crippen LogP contribution is -2.39. The van der Waals surface area contributed by atoms with E-state index in [1.54, 1.807) is 0 Å². The van der Waals surface area contributed by atoms with E-state index in [2.05, 4.69) is 23.1 Å². The maximum absolute atomic E-state index is 12.4. The van der Waals surface area contributed by atoms with Gasteiger partial charge in [0.15, 0.2) is 0 Å². The first-order valence-corrected chi connectivity index (χ1v) is 6.73. The first-order chi connectivity index (χ1) is 8.36. The first kappa shape index (κ1) is 10.8. The lowest BCUT2D eigenvalue weighted by atomic mass is 9.77. The lowest BCUT2D eigenvalue weighted by Gasteiger charge is -2.33. The van der Waals surface area contributed by atoms with Crippen molar-refractivity contribution in [1.29, 1.82) is 0 Å². The Morgan fingerprint density at radius 2 is 1.76 bits per heavy atom. The SMILES string of the molecule is O=C(C1Cc2ccccc21)N1CCCCCC1. The van der Waals surface area contributed by atoms with Gasteiger partial charge in [-0.05, 0) is 30.4 Å². The van der Waals surface area contributed by atoms with E-state index >= 15 is 0 Å². The van der Waals surface area contributed by atoms with E-state index in [0.717, 1.165) is 19.5 Å². The number of carbonyl (C=O) groups is 1. The lowest BCUT2D eigenvalue weighted by molar-refractivity contribution is -0.133. The van der Waals surface area contributed by atoms with Crippen molar-refractivity contribution in [2.45, 2.75) is 38.0 Å². The van der Waals surface area contributed by atoms with Gasteiger partial charge < -0.3 is 4.90 Å². The summed E-state index contributed by atoms with van der Waals surface area (Å²) in [4.78, 5) is 14.5. The summed E-state index contributed by atoms with van der Waals surface area (Å²) in [5, 5.41) is 0. The Labute approximate surface area is 103 Å². The second-order valence-electron chi connectivity index (χ2n) is 5.20. The predicted molar refractivity (Wildman–Crippen MR) is 67.9 cm³/mol. The molecule has 2 nitrogen and oxygen atoms in total. The van der Waals surface area contributed by atoms with Gasteiger partial charge in [0.1, 0.15) is 0 Å². The molecule has 0 bridgehead atoms. The molecule has 1 aromatic rings. The molecule has 1 saturated heterocycles. The fourth-order valence-electron chi connectivity index (χ4n) is 2.99. The molecule has 1 heterocycles. The van der Waals surface area contributed by atoms with Gasteiger partial charge in [-0.15, -0.1) is 0 Å². The van der Waals surface area contributed by atoms with Crippen LogP contribution in [0.25, 0.3) is 0 Å². The minimum absolute atomic E-state index is 0.157. The molecular formula is C15H19NO. The molecule has 2 heteroatoms. The monoisotopic (exact) mass is 229 g/mol. The summed E-state index contributed by atoms with van der Waals surface area (Å²) in [5.74, 6) is 0.523. The molecule has 2 aliphatic rings. The standard InChI is InChI=1S/C15H19NO/c17-15(16-9-5-1-2-6-10-16)14-11-12-7-3-4-8-13(12)14/h3-4,7-8,14H,1-2,5-6,9-11H2. The van der Waals surface area contributed by atoms with Crippen LogP contribution in [-0.2, 0) is 11.2 Å². The first-order valence-electron chi connectivity index (χ1n) is 6.73. The number of hydrogen-bond donors (Lipinski definition) is 0. The van der Waals surface area contributed by atoms with Crippen LogP contribution >= 0.6 is 0 Å². The van der Waals surface area contributed by atoms with E-state index in [1.807, 2.05) is 6.07 Å². The van der Waals surface area contributed by atoms with Crippen molar-refractivity contribution in [3.63, 3.8) is 0 Å². The number of amides is 1. The van der Waals surface area contributed by atoms with E-state index in [1.165, 1.54) is 36.8 Å². The van der Waals surface area contributed by atoms with E-state index < -0.39 is 0 Å². The van der Waals surface area contributed by atoms with Crippen LogP contribution in [0.2, 0.25) is 0 Å². The maximum atomic E-state index is 12.4. The molecule has 1 fully saturated rings. The molecule has 1 aromatic carbocycles. The van der Waals surface area contributed by atoms with Gasteiger partial charge in [-0.3, -0.25) is 4.79 Å². The van der Waals surface area contributed by atoms with E-state index in [4.69, 9.17) is 0 Å². The van der Waals surface area contributed by atoms with Crippen molar-refractivity contribution in [3.05, 3.63) is 35.4 Å². The molecule has 0 spiro atoms. The summed E-state index contributed by atoms with van der Waals surface area (Å²) in [5.41, 5.74) is 2.63. The Kier molecular flexibility index (Phi) is 2.87. The molecule has 1 unspecified atom stereocenters. The van der Waals surface area contributed by atoms with Crippen molar-refractivity contribution >= 4 is 5.91 Å². The Bertz CT molecular complexity index is 419. The minimum Gasteiger partial charge on any atom is -0.342 e. The Morgan fingerprint density at radius 3 is 2.47 bits per heavy atom. The summed E-state index contributed by atoms with van der Waals surface area (Å²) in [7, 11) is 0. The smallest absolute Gasteiger partial charge is 0.230 e. The molecule has 0 saturated carbocycles. The summed E-state index contributed by atoms with van der Waals surface area (Å²) in [6.07, 6.45) is 5.88. The highest BCUT2D eigenvalue weighted by atomic mass is 16.2. The quantitative estimate of drug-likeness (QED) is 0.725. The molecule has 17 heavy (non-hydrogen) atoms. The van der Waals surface area contributed by atoms with Crippen molar-refractivity contribution in [1.82, 2.24) is 4.90 Å². The van der Waals surface area contributed by atoms with Crippen LogP contribution < -0.4 is 0 Å². The molecule has 1 atom stereocenters. The summed E-state index contributed by atoms with van der Waals surface area (Å²) < 4.78 is 0. The number of carbonyl (C=O) groups excluding carboxylic acids is 1. The van der Waals surface area contributed by atoms with Gasteiger partial charge in [0.05, 0.1) is 5.92 Å². The van der Waals surface area contributed by atoms with Crippen molar-refractivity contribution in [2.24, 2.45) is 0 Å². The molecule has 1 aliphatic heterocycles. The third-order valence-corrected chi connectivity index (χ3v) is 4.07. The Hall–Kier alpha value is -1.31. The third kappa shape index (κ3) is 1.97. The van der Waals surface area contributed by atoms with Crippen LogP contribution in [0.15, 0.2) is 24.3 Å². The number of likely N-dealkylation sites (tertiary alicyclic amines) is 1. The molecule has 0 radical (unpaired) electrons. The predicted octanol–water partition coefficient (Wildman–Crippen LogP) is 2.73. The summed E-state index contributed by atoms with van der Waals surface area (Å²) in [6.45, 7) is 1.94. The molecule has 0 N–H and O–H groups in total. The minimum atomic E-state index is 0.157. The molecule has 90 valence electrons. The zero-order chi connectivity index (χ0) is 11.7. The summed E-state index contributed by atoms with van der Waals surface area (Å²) >= 11 is 0. The van der Waals surface area contributed by atoms with Crippen LogP contribution in [0.3, 0.4) is 0 Å². The van der Waals surface area contributed by atoms with Gasteiger partial charge in [0, 0.05) is 13.1 Å². The number of rotatable bonds is 1.